The van der Waals surface area contributed by atoms with Gasteiger partial charge in [0.1, 0.15) is 17.5 Å². The van der Waals surface area contributed by atoms with Crippen molar-refractivity contribution < 1.29 is 14.3 Å². The summed E-state index contributed by atoms with van der Waals surface area (Å²) in [7, 11) is 0. The fourth-order valence-electron chi connectivity index (χ4n) is 4.66. The highest BCUT2D eigenvalue weighted by atomic mass is 19.1. The number of carboxylic acid groups (broad SMARTS) is 1. The van der Waals surface area contributed by atoms with E-state index in [1.165, 1.54) is 18.3 Å². The highest BCUT2D eigenvalue weighted by Crippen LogP contribution is 2.32. The number of carboxylic acids is 1. The van der Waals surface area contributed by atoms with Crippen LogP contribution in [-0.4, -0.2) is 52.2 Å². The van der Waals surface area contributed by atoms with E-state index in [4.69, 9.17) is 9.97 Å². The number of anilines is 3. The van der Waals surface area contributed by atoms with Gasteiger partial charge in [-0.25, -0.2) is 19.2 Å². The molecule has 0 bridgehead atoms. The number of aryl methyl sites for hydroxylation is 1. The molecule has 36 heavy (non-hydrogen) atoms. The zero-order valence-corrected chi connectivity index (χ0v) is 20.1. The molecule has 5 rings (SSSR count). The number of halogens is 1. The van der Waals surface area contributed by atoms with Crippen molar-refractivity contribution in [1.82, 2.24) is 15.0 Å². The summed E-state index contributed by atoms with van der Waals surface area (Å²) in [4.78, 5) is 31.5. The van der Waals surface area contributed by atoms with Crippen molar-refractivity contribution in [2.24, 2.45) is 0 Å². The molecule has 0 spiro atoms. The predicted molar refractivity (Wildman–Crippen MR) is 138 cm³/mol. The molecule has 1 N–H and O–H groups in total. The van der Waals surface area contributed by atoms with Gasteiger partial charge in [0, 0.05) is 48.9 Å². The van der Waals surface area contributed by atoms with Gasteiger partial charge < -0.3 is 19.8 Å². The van der Waals surface area contributed by atoms with Crippen molar-refractivity contribution in [2.45, 2.75) is 19.8 Å². The number of piperazine rings is 1. The van der Waals surface area contributed by atoms with E-state index in [0.717, 1.165) is 53.5 Å². The number of pyridine rings is 1. The summed E-state index contributed by atoms with van der Waals surface area (Å²) in [6.45, 7) is 12.9. The van der Waals surface area contributed by atoms with Gasteiger partial charge in [0.25, 0.3) is 0 Å². The summed E-state index contributed by atoms with van der Waals surface area (Å²) in [6, 6.07) is 9.82. The molecule has 9 heteroatoms. The molecular formula is C27H27FN6O2. The van der Waals surface area contributed by atoms with Gasteiger partial charge in [-0.3, -0.25) is 0 Å². The fourth-order valence-corrected chi connectivity index (χ4v) is 4.66. The average molecular weight is 487 g/mol. The van der Waals surface area contributed by atoms with Crippen LogP contribution in [-0.2, 0) is 0 Å². The van der Waals surface area contributed by atoms with Crippen molar-refractivity contribution in [2.75, 3.05) is 40.9 Å². The topological polar surface area (TPSA) is 85.7 Å². The molecule has 0 radical (unpaired) electrons. The number of carbonyl (C=O) groups is 1. The molecule has 0 saturated carbocycles. The minimum absolute atomic E-state index is 0.166. The SMILES string of the molecule is C=C1CN(c2ncc(C(=O)O)cc2C)CCN1c1cc(-c2ccc(F)cc2)nc(N2CCCC2=C)n1. The van der Waals surface area contributed by atoms with E-state index in [1.807, 2.05) is 17.9 Å². The van der Waals surface area contributed by atoms with Gasteiger partial charge in [0.05, 0.1) is 17.8 Å². The minimum atomic E-state index is -0.997. The molecular weight excluding hydrogens is 459 g/mol. The maximum Gasteiger partial charge on any atom is 0.337 e. The Morgan fingerprint density at radius 1 is 1.03 bits per heavy atom. The van der Waals surface area contributed by atoms with E-state index in [-0.39, 0.29) is 11.4 Å². The molecule has 1 aromatic carbocycles. The van der Waals surface area contributed by atoms with Crippen LogP contribution in [0.4, 0.5) is 22.0 Å². The van der Waals surface area contributed by atoms with Crippen LogP contribution >= 0.6 is 0 Å². The van der Waals surface area contributed by atoms with Crippen molar-refractivity contribution in [1.29, 1.82) is 0 Å². The van der Waals surface area contributed by atoms with Crippen LogP contribution < -0.4 is 14.7 Å². The van der Waals surface area contributed by atoms with Crippen LogP contribution in [0.2, 0.25) is 0 Å². The molecule has 0 unspecified atom stereocenters. The Hall–Kier alpha value is -4.27. The summed E-state index contributed by atoms with van der Waals surface area (Å²) >= 11 is 0. The van der Waals surface area contributed by atoms with Crippen molar-refractivity contribution in [3.05, 3.63) is 84.1 Å². The van der Waals surface area contributed by atoms with Gasteiger partial charge in [-0.1, -0.05) is 13.2 Å². The van der Waals surface area contributed by atoms with E-state index in [1.54, 1.807) is 18.2 Å². The highest BCUT2D eigenvalue weighted by Gasteiger charge is 2.27. The maximum absolute atomic E-state index is 13.6. The van der Waals surface area contributed by atoms with Crippen LogP contribution in [0, 0.1) is 12.7 Å². The molecule has 184 valence electrons. The van der Waals surface area contributed by atoms with E-state index in [0.29, 0.717) is 31.3 Å². The summed E-state index contributed by atoms with van der Waals surface area (Å²) in [5, 5.41) is 9.24. The smallest absolute Gasteiger partial charge is 0.337 e. The third-order valence-electron chi connectivity index (χ3n) is 6.53. The third-order valence-corrected chi connectivity index (χ3v) is 6.53. The maximum atomic E-state index is 13.6. The number of aromatic carboxylic acids is 1. The molecule has 2 saturated heterocycles. The summed E-state index contributed by atoms with van der Waals surface area (Å²) in [5.74, 6) is 0.736. The quantitative estimate of drug-likeness (QED) is 0.558. The largest absolute Gasteiger partial charge is 0.478 e. The Labute approximate surface area is 209 Å². The van der Waals surface area contributed by atoms with E-state index < -0.39 is 5.97 Å². The second kappa shape index (κ2) is 9.41. The molecule has 2 aliphatic heterocycles. The average Bonchev–Trinajstić information content (AvgIpc) is 3.30. The molecule has 0 amide bonds. The Bertz CT molecular complexity index is 1360. The van der Waals surface area contributed by atoms with Crippen LogP contribution in [0.25, 0.3) is 11.3 Å². The molecule has 3 aromatic rings. The Morgan fingerprint density at radius 2 is 1.81 bits per heavy atom. The molecule has 2 fully saturated rings. The summed E-state index contributed by atoms with van der Waals surface area (Å²) in [5.41, 5.74) is 4.28. The van der Waals surface area contributed by atoms with Gasteiger partial charge in [-0.05, 0) is 55.7 Å². The first-order chi connectivity index (χ1) is 17.3. The zero-order valence-electron chi connectivity index (χ0n) is 20.1. The Balaban J connectivity index is 1.45. The lowest BCUT2D eigenvalue weighted by Gasteiger charge is -2.38. The zero-order chi connectivity index (χ0) is 25.4. The normalized spacial score (nSPS) is 16.1. The molecule has 2 aliphatic rings. The first-order valence-electron chi connectivity index (χ1n) is 11.8. The molecule has 2 aromatic heterocycles. The van der Waals surface area contributed by atoms with Gasteiger partial charge >= 0.3 is 5.97 Å². The lowest BCUT2D eigenvalue weighted by Crippen LogP contribution is -2.45. The number of aromatic nitrogens is 3. The number of benzene rings is 1. The summed E-state index contributed by atoms with van der Waals surface area (Å²) < 4.78 is 13.6. The van der Waals surface area contributed by atoms with Gasteiger partial charge in [0.15, 0.2) is 0 Å². The van der Waals surface area contributed by atoms with Crippen LogP contribution in [0.3, 0.4) is 0 Å². The Kier molecular flexibility index (Phi) is 6.13. The van der Waals surface area contributed by atoms with Crippen molar-refractivity contribution in [3.8, 4) is 11.3 Å². The van der Waals surface area contributed by atoms with Crippen molar-refractivity contribution >= 4 is 23.6 Å². The molecule has 0 atom stereocenters. The Morgan fingerprint density at radius 3 is 2.44 bits per heavy atom. The second-order valence-electron chi connectivity index (χ2n) is 9.05. The first-order valence-corrected chi connectivity index (χ1v) is 11.8. The fraction of sp³-hybridized carbons (Fsp3) is 0.259. The van der Waals surface area contributed by atoms with Gasteiger partial charge in [-0.15, -0.1) is 0 Å². The van der Waals surface area contributed by atoms with E-state index in [9.17, 15) is 14.3 Å². The van der Waals surface area contributed by atoms with Gasteiger partial charge in [0.2, 0.25) is 5.95 Å². The number of hydrogen-bond donors (Lipinski definition) is 1. The van der Waals surface area contributed by atoms with E-state index in [2.05, 4.69) is 27.9 Å². The number of nitrogens with zero attached hydrogens (tertiary/aromatic N) is 6. The standard InChI is InChI=1S/C27H27FN6O2/c1-17-13-21(26(35)36)15-29-25(17)32-11-12-33(19(3)16-32)24-14-23(20-6-8-22(28)9-7-20)30-27(31-24)34-10-4-5-18(34)2/h6-9,13-15H,2-5,10-12,16H2,1H3,(H,35,36). The van der Waals surface area contributed by atoms with Gasteiger partial charge in [-0.2, -0.15) is 4.98 Å². The number of hydrogen-bond acceptors (Lipinski definition) is 7. The van der Waals surface area contributed by atoms with E-state index >= 15 is 0 Å². The lowest BCUT2D eigenvalue weighted by atomic mass is 10.1. The molecule has 4 heterocycles. The third kappa shape index (κ3) is 4.51. The second-order valence-corrected chi connectivity index (χ2v) is 9.05. The molecule has 0 aliphatic carbocycles. The van der Waals surface area contributed by atoms with Crippen LogP contribution in [0.1, 0.15) is 28.8 Å². The number of allylic oxidation sites excluding steroid dienone is 1. The highest BCUT2D eigenvalue weighted by molar-refractivity contribution is 5.87. The van der Waals surface area contributed by atoms with Crippen LogP contribution in [0.5, 0.6) is 0 Å². The monoisotopic (exact) mass is 486 g/mol. The molecule has 8 nitrogen and oxygen atoms in total. The number of rotatable bonds is 5. The van der Waals surface area contributed by atoms with Crippen LogP contribution in [0.15, 0.2) is 67.1 Å². The first kappa shape index (κ1) is 23.5. The lowest BCUT2D eigenvalue weighted by molar-refractivity contribution is 0.0696. The summed E-state index contributed by atoms with van der Waals surface area (Å²) in [6.07, 6.45) is 3.28. The predicted octanol–water partition coefficient (Wildman–Crippen LogP) is 4.64. The minimum Gasteiger partial charge on any atom is -0.478 e. The van der Waals surface area contributed by atoms with Crippen molar-refractivity contribution in [3.63, 3.8) is 0 Å².